The molecule has 0 fully saturated rings. The Bertz CT molecular complexity index is 1190. The van der Waals surface area contributed by atoms with E-state index < -0.39 is 11.8 Å². The fourth-order valence-electron chi connectivity index (χ4n) is 3.09. The number of nitrogens with one attached hydrogen (secondary N) is 1. The van der Waals surface area contributed by atoms with E-state index in [0.717, 1.165) is 16.0 Å². The number of aliphatic hydroxyl groups is 1. The second-order valence-electron chi connectivity index (χ2n) is 6.99. The number of thiophene rings is 1. The van der Waals surface area contributed by atoms with Crippen molar-refractivity contribution in [3.63, 3.8) is 0 Å². The lowest BCUT2D eigenvalue weighted by atomic mass is 10.1. The predicted octanol–water partition coefficient (Wildman–Crippen LogP) is 3.03. The van der Waals surface area contributed by atoms with Crippen LogP contribution in [0, 0.1) is 5.82 Å². The maximum atomic E-state index is 13.9. The van der Waals surface area contributed by atoms with E-state index in [9.17, 15) is 14.0 Å². The molecule has 10 heteroatoms. The molecule has 174 valence electrons. The molecular formula is C23H24FN3O5S. The number of likely N-dealkylation sites (N-methyl/N-ethyl adjacent to an activating group) is 1. The van der Waals surface area contributed by atoms with Crippen molar-refractivity contribution < 1.29 is 28.6 Å². The number of hydrazone groups is 1. The molecule has 0 radical (unpaired) electrons. The lowest BCUT2D eigenvalue weighted by Gasteiger charge is -2.14. The lowest BCUT2D eigenvalue weighted by Crippen LogP contribution is -2.36. The van der Waals surface area contributed by atoms with Crippen LogP contribution >= 0.6 is 11.3 Å². The first-order valence-electron chi connectivity index (χ1n) is 10.0. The zero-order valence-corrected chi connectivity index (χ0v) is 19.2. The molecule has 0 saturated carbocycles. The number of methoxy groups -OCH3 is 1. The number of halogens is 1. The van der Waals surface area contributed by atoms with E-state index >= 15 is 0 Å². The minimum atomic E-state index is -0.469. The molecule has 0 aliphatic rings. The summed E-state index contributed by atoms with van der Waals surface area (Å²) in [4.78, 5) is 24.9. The molecule has 0 spiro atoms. The minimum absolute atomic E-state index is 0.0960. The molecule has 8 nitrogen and oxygen atoms in total. The number of hydrogen-bond acceptors (Lipinski definition) is 7. The van der Waals surface area contributed by atoms with Gasteiger partial charge in [0.05, 0.1) is 30.7 Å². The van der Waals surface area contributed by atoms with Crippen molar-refractivity contribution in [2.45, 2.75) is 6.92 Å². The van der Waals surface area contributed by atoms with E-state index in [4.69, 9.17) is 14.6 Å². The van der Waals surface area contributed by atoms with E-state index in [1.807, 2.05) is 0 Å². The smallest absolute Gasteiger partial charge is 0.261 e. The summed E-state index contributed by atoms with van der Waals surface area (Å²) < 4.78 is 25.0. The summed E-state index contributed by atoms with van der Waals surface area (Å²) in [5, 5.41) is 19.4. The van der Waals surface area contributed by atoms with Crippen molar-refractivity contribution in [2.24, 2.45) is 5.10 Å². The van der Waals surface area contributed by atoms with Crippen LogP contribution in [0.15, 0.2) is 46.9 Å². The Morgan fingerprint density at radius 3 is 2.76 bits per heavy atom. The van der Waals surface area contributed by atoms with Crippen molar-refractivity contribution in [1.82, 2.24) is 10.3 Å². The zero-order chi connectivity index (χ0) is 24.0. The highest BCUT2D eigenvalue weighted by molar-refractivity contribution is 7.17. The molecule has 1 aromatic heterocycles. The van der Waals surface area contributed by atoms with E-state index in [0.29, 0.717) is 21.9 Å². The van der Waals surface area contributed by atoms with Crippen LogP contribution in [0.1, 0.15) is 22.8 Å². The van der Waals surface area contributed by atoms with Gasteiger partial charge in [-0.3, -0.25) is 9.59 Å². The van der Waals surface area contributed by atoms with Gasteiger partial charge < -0.3 is 19.9 Å². The molecular weight excluding hydrogens is 449 g/mol. The van der Waals surface area contributed by atoms with Crippen LogP contribution in [-0.4, -0.2) is 61.6 Å². The summed E-state index contributed by atoms with van der Waals surface area (Å²) in [5.41, 5.74) is 1.58. The summed E-state index contributed by atoms with van der Waals surface area (Å²) in [5.74, 6) is -0.468. The van der Waals surface area contributed by atoms with Crippen LogP contribution in [-0.2, 0) is 4.79 Å². The van der Waals surface area contributed by atoms with Gasteiger partial charge in [0.25, 0.3) is 11.8 Å². The largest absolute Gasteiger partial charge is 0.493 e. The highest BCUT2D eigenvalue weighted by Gasteiger charge is 2.16. The SMILES string of the molecule is COc1cc(C(=O)NCC(=O)N(C)N=C(C)c2csc3c(F)cccc23)ccc1OCCO. The van der Waals surface area contributed by atoms with Gasteiger partial charge in [0.2, 0.25) is 0 Å². The second-order valence-corrected chi connectivity index (χ2v) is 7.87. The third-order valence-corrected chi connectivity index (χ3v) is 5.78. The zero-order valence-electron chi connectivity index (χ0n) is 18.4. The summed E-state index contributed by atoms with van der Waals surface area (Å²) in [6, 6.07) is 9.41. The molecule has 2 amide bonds. The molecule has 3 rings (SSSR count). The second kappa shape index (κ2) is 10.9. The van der Waals surface area contributed by atoms with Gasteiger partial charge in [-0.15, -0.1) is 11.3 Å². The van der Waals surface area contributed by atoms with Gasteiger partial charge in [-0.2, -0.15) is 5.10 Å². The summed E-state index contributed by atoms with van der Waals surface area (Å²) in [6.45, 7) is 1.42. The van der Waals surface area contributed by atoms with Gasteiger partial charge in [-0.25, -0.2) is 9.40 Å². The monoisotopic (exact) mass is 473 g/mol. The Morgan fingerprint density at radius 1 is 1.24 bits per heavy atom. The number of ether oxygens (including phenoxy) is 2. The first-order chi connectivity index (χ1) is 15.8. The topological polar surface area (TPSA) is 100 Å². The number of rotatable bonds is 9. The molecule has 2 N–H and O–H groups in total. The van der Waals surface area contributed by atoms with Crippen LogP contribution in [0.4, 0.5) is 4.39 Å². The number of amides is 2. The van der Waals surface area contributed by atoms with Crippen molar-refractivity contribution in [3.8, 4) is 11.5 Å². The Balaban J connectivity index is 1.64. The number of carbonyl (C=O) groups excluding carboxylic acids is 2. The molecule has 0 atom stereocenters. The number of fused-ring (bicyclic) bond motifs is 1. The first kappa shape index (κ1) is 24.1. The fraction of sp³-hybridized carbons (Fsp3) is 0.261. The quantitative estimate of drug-likeness (QED) is 0.368. The molecule has 0 saturated heterocycles. The number of carbonyl (C=O) groups is 2. The fourth-order valence-corrected chi connectivity index (χ4v) is 4.11. The number of hydrogen-bond donors (Lipinski definition) is 2. The van der Waals surface area contributed by atoms with Gasteiger partial charge in [0, 0.05) is 28.9 Å². The molecule has 33 heavy (non-hydrogen) atoms. The highest BCUT2D eigenvalue weighted by Crippen LogP contribution is 2.29. The van der Waals surface area contributed by atoms with Crippen LogP contribution in [0.3, 0.4) is 0 Å². The first-order valence-corrected chi connectivity index (χ1v) is 10.9. The van der Waals surface area contributed by atoms with Gasteiger partial charge in [0.1, 0.15) is 12.4 Å². The van der Waals surface area contributed by atoms with E-state index in [1.165, 1.54) is 43.7 Å². The average molecular weight is 474 g/mol. The maximum Gasteiger partial charge on any atom is 0.261 e. The average Bonchev–Trinajstić information content (AvgIpc) is 3.26. The summed E-state index contributed by atoms with van der Waals surface area (Å²) >= 11 is 1.28. The maximum absolute atomic E-state index is 13.9. The third-order valence-electron chi connectivity index (χ3n) is 4.78. The normalized spacial score (nSPS) is 11.4. The van der Waals surface area contributed by atoms with Crippen molar-refractivity contribution in [1.29, 1.82) is 0 Å². The van der Waals surface area contributed by atoms with Crippen LogP contribution in [0.2, 0.25) is 0 Å². The summed E-state index contributed by atoms with van der Waals surface area (Å²) in [7, 11) is 2.93. The van der Waals surface area contributed by atoms with Crippen molar-refractivity contribution in [3.05, 3.63) is 58.7 Å². The Kier molecular flexibility index (Phi) is 7.96. The van der Waals surface area contributed by atoms with Gasteiger partial charge in [0.15, 0.2) is 11.5 Å². The standard InChI is InChI=1S/C23H24FN3O5S/c1-14(17-13-33-22-16(17)5-4-6-18(22)24)26-27(2)21(29)12-25-23(30)15-7-8-19(32-10-9-28)20(11-15)31-3/h4-8,11,13,28H,9-10,12H2,1-3H3,(H,25,30). The number of benzene rings is 2. The minimum Gasteiger partial charge on any atom is -0.493 e. The van der Waals surface area contributed by atoms with Gasteiger partial charge in [-0.05, 0) is 31.2 Å². The Labute approximate surface area is 194 Å². The third kappa shape index (κ3) is 5.65. The molecule has 1 heterocycles. The van der Waals surface area contributed by atoms with Crippen molar-refractivity contribution in [2.75, 3.05) is 33.9 Å². The summed E-state index contributed by atoms with van der Waals surface area (Å²) in [6.07, 6.45) is 0. The Morgan fingerprint density at radius 2 is 2.03 bits per heavy atom. The van der Waals surface area contributed by atoms with E-state index in [1.54, 1.807) is 30.5 Å². The molecule has 0 aliphatic carbocycles. The number of nitrogens with zero attached hydrogens (tertiary/aromatic N) is 2. The van der Waals surface area contributed by atoms with Crippen molar-refractivity contribution >= 4 is 38.9 Å². The molecule has 0 unspecified atom stereocenters. The van der Waals surface area contributed by atoms with E-state index in [-0.39, 0.29) is 31.1 Å². The van der Waals surface area contributed by atoms with E-state index in [2.05, 4.69) is 10.4 Å². The van der Waals surface area contributed by atoms with Crippen LogP contribution in [0.25, 0.3) is 10.1 Å². The molecule has 0 aliphatic heterocycles. The Hall–Kier alpha value is -3.50. The molecule has 0 bridgehead atoms. The van der Waals surface area contributed by atoms with Gasteiger partial charge in [-0.1, -0.05) is 12.1 Å². The molecule has 2 aromatic carbocycles. The lowest BCUT2D eigenvalue weighted by molar-refractivity contribution is -0.128. The highest BCUT2D eigenvalue weighted by atomic mass is 32.1. The van der Waals surface area contributed by atoms with Gasteiger partial charge >= 0.3 is 0 Å². The van der Waals surface area contributed by atoms with Crippen LogP contribution in [0.5, 0.6) is 11.5 Å². The predicted molar refractivity (Wildman–Crippen MR) is 125 cm³/mol. The van der Waals surface area contributed by atoms with Crippen LogP contribution < -0.4 is 14.8 Å². The molecule has 3 aromatic rings. The number of aliphatic hydroxyl groups excluding tert-OH is 1.